The molecule has 0 atom stereocenters. The number of para-hydroxylation sites is 1. The molecule has 0 aromatic heterocycles. The molecule has 0 bridgehead atoms. The fourth-order valence-corrected chi connectivity index (χ4v) is 4.77. The monoisotopic (exact) mass is 452 g/mol. The highest BCUT2D eigenvalue weighted by Crippen LogP contribution is 2.27. The number of sulfonamides is 1. The molecular weight excluding hydrogens is 424 g/mol. The lowest BCUT2D eigenvalue weighted by atomic mass is 10.1. The lowest BCUT2D eigenvalue weighted by Crippen LogP contribution is -2.38. The molecule has 168 valence electrons. The normalized spacial score (nSPS) is 11.1. The van der Waals surface area contributed by atoms with Gasteiger partial charge in [0.05, 0.1) is 17.2 Å². The molecule has 0 unspecified atom stereocenters. The second-order valence-electron chi connectivity index (χ2n) is 7.57. The van der Waals surface area contributed by atoms with Crippen LogP contribution in [0.3, 0.4) is 0 Å². The molecule has 1 amide bonds. The Morgan fingerprint density at radius 2 is 1.50 bits per heavy atom. The minimum atomic E-state index is -3.97. The van der Waals surface area contributed by atoms with Crippen molar-refractivity contribution in [3.05, 3.63) is 83.4 Å². The van der Waals surface area contributed by atoms with Gasteiger partial charge in [0, 0.05) is 5.69 Å². The zero-order valence-electron chi connectivity index (χ0n) is 18.8. The third-order valence-electron chi connectivity index (χ3n) is 5.08. The van der Waals surface area contributed by atoms with Gasteiger partial charge in [0.25, 0.3) is 10.0 Å². The van der Waals surface area contributed by atoms with Crippen molar-refractivity contribution >= 4 is 27.3 Å². The summed E-state index contributed by atoms with van der Waals surface area (Å²) in [6.07, 6.45) is 0. The van der Waals surface area contributed by atoms with E-state index < -0.39 is 15.9 Å². The highest BCUT2D eigenvalue weighted by atomic mass is 32.2. The van der Waals surface area contributed by atoms with Crippen LogP contribution in [-0.2, 0) is 14.8 Å². The summed E-state index contributed by atoms with van der Waals surface area (Å²) in [6, 6.07) is 19.0. The number of benzene rings is 3. The van der Waals surface area contributed by atoms with E-state index in [1.54, 1.807) is 48.5 Å². The van der Waals surface area contributed by atoms with Crippen LogP contribution in [0.1, 0.15) is 23.6 Å². The minimum Gasteiger partial charge on any atom is -0.494 e. The molecular formula is C25H28N2O4S. The van der Waals surface area contributed by atoms with Gasteiger partial charge in [-0.15, -0.1) is 0 Å². The van der Waals surface area contributed by atoms with Crippen LogP contribution < -0.4 is 14.4 Å². The molecule has 0 aliphatic heterocycles. The summed E-state index contributed by atoms with van der Waals surface area (Å²) in [7, 11) is -3.97. The van der Waals surface area contributed by atoms with Crippen LogP contribution in [0.25, 0.3) is 0 Å². The predicted molar refractivity (Wildman–Crippen MR) is 128 cm³/mol. The number of hydrogen-bond acceptors (Lipinski definition) is 4. The van der Waals surface area contributed by atoms with E-state index in [4.69, 9.17) is 4.74 Å². The van der Waals surface area contributed by atoms with E-state index >= 15 is 0 Å². The molecule has 0 spiro atoms. The Balaban J connectivity index is 1.96. The molecule has 3 aromatic rings. The van der Waals surface area contributed by atoms with Gasteiger partial charge in [0.2, 0.25) is 5.91 Å². The predicted octanol–water partition coefficient (Wildman–Crippen LogP) is 4.84. The first kappa shape index (κ1) is 23.3. The van der Waals surface area contributed by atoms with E-state index in [0.717, 1.165) is 21.0 Å². The van der Waals surface area contributed by atoms with Gasteiger partial charge in [-0.2, -0.15) is 0 Å². The third kappa shape index (κ3) is 5.29. The van der Waals surface area contributed by atoms with Crippen molar-refractivity contribution in [2.75, 3.05) is 22.8 Å². The first-order chi connectivity index (χ1) is 15.2. The average Bonchev–Trinajstić information content (AvgIpc) is 2.76. The Kier molecular flexibility index (Phi) is 7.20. The minimum absolute atomic E-state index is 0.122. The molecule has 0 aliphatic carbocycles. The summed E-state index contributed by atoms with van der Waals surface area (Å²) in [4.78, 5) is 13.1. The number of carbonyl (C=O) groups is 1. The van der Waals surface area contributed by atoms with Crippen LogP contribution >= 0.6 is 0 Å². The molecule has 0 heterocycles. The molecule has 32 heavy (non-hydrogen) atoms. The first-order valence-corrected chi connectivity index (χ1v) is 11.8. The summed E-state index contributed by atoms with van der Waals surface area (Å²) in [5.41, 5.74) is 3.84. The first-order valence-electron chi connectivity index (χ1n) is 10.4. The molecule has 0 saturated heterocycles. The van der Waals surface area contributed by atoms with Crippen LogP contribution in [0.15, 0.2) is 71.6 Å². The Morgan fingerprint density at radius 1 is 0.906 bits per heavy atom. The van der Waals surface area contributed by atoms with Crippen molar-refractivity contribution in [3.63, 3.8) is 0 Å². The lowest BCUT2D eigenvalue weighted by Gasteiger charge is -2.25. The molecule has 0 aliphatic rings. The molecule has 3 rings (SSSR count). The number of rotatable bonds is 8. The zero-order valence-corrected chi connectivity index (χ0v) is 19.6. The maximum atomic E-state index is 13.5. The second-order valence-corrected chi connectivity index (χ2v) is 9.43. The molecule has 7 heteroatoms. The van der Waals surface area contributed by atoms with Gasteiger partial charge in [-0.25, -0.2) is 8.42 Å². The van der Waals surface area contributed by atoms with Crippen molar-refractivity contribution in [2.45, 2.75) is 32.6 Å². The average molecular weight is 453 g/mol. The van der Waals surface area contributed by atoms with Gasteiger partial charge in [-0.05, 0) is 75.2 Å². The quantitative estimate of drug-likeness (QED) is 0.530. The SMILES string of the molecule is CCOc1ccc(N(CC(=O)Nc2c(C)cccc2C)S(=O)(=O)c2ccc(C)cc2)cc1. The van der Waals surface area contributed by atoms with Gasteiger partial charge in [-0.3, -0.25) is 9.10 Å². The topological polar surface area (TPSA) is 75.7 Å². The Morgan fingerprint density at radius 3 is 2.06 bits per heavy atom. The Labute approximate surface area is 189 Å². The van der Waals surface area contributed by atoms with E-state index in [-0.39, 0.29) is 11.4 Å². The molecule has 0 radical (unpaired) electrons. The van der Waals surface area contributed by atoms with E-state index in [1.807, 2.05) is 45.9 Å². The van der Waals surface area contributed by atoms with Gasteiger partial charge < -0.3 is 10.1 Å². The third-order valence-corrected chi connectivity index (χ3v) is 6.87. The zero-order chi connectivity index (χ0) is 23.3. The number of carbonyl (C=O) groups excluding carboxylic acids is 1. The summed E-state index contributed by atoms with van der Waals surface area (Å²) in [5, 5.41) is 2.87. The van der Waals surface area contributed by atoms with Crippen LogP contribution in [0, 0.1) is 20.8 Å². The molecule has 3 aromatic carbocycles. The van der Waals surface area contributed by atoms with E-state index in [0.29, 0.717) is 23.7 Å². The van der Waals surface area contributed by atoms with Crippen molar-refractivity contribution < 1.29 is 17.9 Å². The standard InChI is InChI=1S/C25H28N2O4S/c1-5-31-22-13-11-21(12-14-22)27(32(29,30)23-15-9-18(2)10-16-23)17-24(28)26-25-19(3)7-6-8-20(25)4/h6-16H,5,17H2,1-4H3,(H,26,28). The smallest absolute Gasteiger partial charge is 0.264 e. The fourth-order valence-electron chi connectivity index (χ4n) is 3.35. The number of ether oxygens (including phenoxy) is 1. The molecule has 1 N–H and O–H groups in total. The highest BCUT2D eigenvalue weighted by molar-refractivity contribution is 7.92. The fraction of sp³-hybridized carbons (Fsp3) is 0.240. The molecule has 6 nitrogen and oxygen atoms in total. The summed E-state index contributed by atoms with van der Waals surface area (Å²) in [5.74, 6) is 0.205. The van der Waals surface area contributed by atoms with Gasteiger partial charge in [-0.1, -0.05) is 35.9 Å². The summed E-state index contributed by atoms with van der Waals surface area (Å²) < 4.78 is 33.6. The number of hydrogen-bond donors (Lipinski definition) is 1. The molecule has 0 saturated carbocycles. The second kappa shape index (κ2) is 9.87. The van der Waals surface area contributed by atoms with Crippen molar-refractivity contribution in [2.24, 2.45) is 0 Å². The highest BCUT2D eigenvalue weighted by Gasteiger charge is 2.27. The van der Waals surface area contributed by atoms with Gasteiger partial charge in [0.15, 0.2) is 0 Å². The van der Waals surface area contributed by atoms with Gasteiger partial charge >= 0.3 is 0 Å². The van der Waals surface area contributed by atoms with E-state index in [9.17, 15) is 13.2 Å². The number of aryl methyl sites for hydroxylation is 3. The van der Waals surface area contributed by atoms with Crippen molar-refractivity contribution in [1.29, 1.82) is 0 Å². The number of amides is 1. The van der Waals surface area contributed by atoms with Crippen LogP contribution in [0.4, 0.5) is 11.4 Å². The number of anilines is 2. The van der Waals surface area contributed by atoms with Gasteiger partial charge in [0.1, 0.15) is 12.3 Å². The van der Waals surface area contributed by atoms with E-state index in [1.165, 1.54) is 0 Å². The lowest BCUT2D eigenvalue weighted by molar-refractivity contribution is -0.114. The number of nitrogens with one attached hydrogen (secondary N) is 1. The van der Waals surface area contributed by atoms with Crippen LogP contribution in [0.5, 0.6) is 5.75 Å². The van der Waals surface area contributed by atoms with Crippen LogP contribution in [0.2, 0.25) is 0 Å². The van der Waals surface area contributed by atoms with Crippen molar-refractivity contribution in [3.8, 4) is 5.75 Å². The van der Waals surface area contributed by atoms with Crippen molar-refractivity contribution in [1.82, 2.24) is 0 Å². The Hall–Kier alpha value is -3.32. The number of nitrogens with zero attached hydrogens (tertiary/aromatic N) is 1. The largest absolute Gasteiger partial charge is 0.494 e. The maximum Gasteiger partial charge on any atom is 0.264 e. The maximum absolute atomic E-state index is 13.5. The summed E-state index contributed by atoms with van der Waals surface area (Å²) in [6.45, 7) is 7.70. The Bertz CT molecular complexity index is 1170. The molecule has 0 fully saturated rings. The van der Waals surface area contributed by atoms with E-state index in [2.05, 4.69) is 5.32 Å². The summed E-state index contributed by atoms with van der Waals surface area (Å²) >= 11 is 0. The van der Waals surface area contributed by atoms with Crippen LogP contribution in [-0.4, -0.2) is 27.5 Å².